The quantitative estimate of drug-likeness (QED) is 0.599. The Balaban J connectivity index is 1.20. The van der Waals surface area contributed by atoms with Gasteiger partial charge in [0.05, 0.1) is 17.8 Å². The second kappa shape index (κ2) is 7.74. The maximum Gasteiger partial charge on any atom is 0.245 e. The average Bonchev–Trinajstić information content (AvgIpc) is 3.71. The first-order chi connectivity index (χ1) is 16.0. The van der Waals surface area contributed by atoms with Gasteiger partial charge < -0.3 is 4.90 Å². The number of carbonyl (C=O) groups is 3. The summed E-state index contributed by atoms with van der Waals surface area (Å²) in [6, 6.07) is 1.68. The molecule has 2 aromatic heterocycles. The van der Waals surface area contributed by atoms with Gasteiger partial charge in [0.2, 0.25) is 5.91 Å². The molecule has 0 aromatic carbocycles. The Morgan fingerprint density at radius 1 is 1.12 bits per heavy atom. The van der Waals surface area contributed by atoms with E-state index in [0.717, 1.165) is 12.8 Å². The van der Waals surface area contributed by atoms with Crippen molar-refractivity contribution in [2.24, 2.45) is 17.3 Å². The zero-order valence-electron chi connectivity index (χ0n) is 19.3. The number of carbonyl (C=O) groups excluding carboxylic acids is 3. The molecule has 1 amide bonds. The molecule has 0 radical (unpaired) electrons. The van der Waals surface area contributed by atoms with Crippen LogP contribution in [0.2, 0.25) is 0 Å². The van der Waals surface area contributed by atoms with Crippen LogP contribution < -0.4 is 0 Å². The summed E-state index contributed by atoms with van der Waals surface area (Å²) in [7, 11) is 0. The number of Topliss-reactive ketones (excluding diaryl/α,β-unsaturated/α-hetero) is 2. The Morgan fingerprint density at radius 2 is 1.91 bits per heavy atom. The summed E-state index contributed by atoms with van der Waals surface area (Å²) < 4.78 is 1.59. The molecular weight excluding hydrogens is 416 g/mol. The summed E-state index contributed by atoms with van der Waals surface area (Å²) in [4.78, 5) is 45.1. The lowest BCUT2D eigenvalue weighted by atomic mass is 9.74. The molecule has 3 heterocycles. The molecule has 1 saturated heterocycles. The fourth-order valence-electron chi connectivity index (χ4n) is 6.78. The van der Waals surface area contributed by atoms with Crippen LogP contribution in [0.3, 0.4) is 0 Å². The molecule has 4 fully saturated rings. The zero-order chi connectivity index (χ0) is 22.7. The number of fused-ring (bicyclic) bond motifs is 2. The topological polar surface area (TPSA) is 85.2 Å². The van der Waals surface area contributed by atoms with Crippen molar-refractivity contribution in [1.29, 1.82) is 0 Å². The standard InChI is InChI=1S/C26H32N4O3/c1-16(31)25-19-7-10-27-14-22(19)29(28-25)15-24(33)30-20-11-17(20)12-21(30)23(32)13-26(8-9-26)18-5-3-2-4-6-18/h7,10,14,17-18,20-21H,2-6,8-9,11-13,15H2,1H3/t17-,20-,21+/m1/s1. The van der Waals surface area contributed by atoms with E-state index in [4.69, 9.17) is 0 Å². The van der Waals surface area contributed by atoms with Gasteiger partial charge >= 0.3 is 0 Å². The number of pyridine rings is 1. The lowest BCUT2D eigenvalue weighted by Crippen LogP contribution is -2.45. The molecule has 3 saturated carbocycles. The molecule has 174 valence electrons. The summed E-state index contributed by atoms with van der Waals surface area (Å²) in [5, 5.41) is 5.15. The van der Waals surface area contributed by atoms with Crippen LogP contribution in [0.4, 0.5) is 0 Å². The number of hydrogen-bond acceptors (Lipinski definition) is 5. The highest BCUT2D eigenvalue weighted by Gasteiger charge is 2.58. The molecule has 2 aromatic rings. The van der Waals surface area contributed by atoms with Crippen molar-refractivity contribution < 1.29 is 14.4 Å². The van der Waals surface area contributed by atoms with Gasteiger partial charge in [-0.25, -0.2) is 0 Å². The molecule has 7 nitrogen and oxygen atoms in total. The number of piperidine rings is 1. The van der Waals surface area contributed by atoms with Crippen LogP contribution in [0.1, 0.15) is 81.6 Å². The maximum absolute atomic E-state index is 13.5. The Kier molecular flexibility index (Phi) is 4.93. The summed E-state index contributed by atoms with van der Waals surface area (Å²) in [6.45, 7) is 1.52. The highest BCUT2D eigenvalue weighted by Crippen LogP contribution is 2.59. The molecule has 1 aliphatic heterocycles. The Labute approximate surface area is 193 Å². The van der Waals surface area contributed by atoms with Crippen LogP contribution in [0.15, 0.2) is 18.5 Å². The minimum Gasteiger partial charge on any atom is -0.328 e. The third-order valence-corrected chi connectivity index (χ3v) is 8.83. The van der Waals surface area contributed by atoms with Crippen molar-refractivity contribution in [3.05, 3.63) is 24.2 Å². The molecule has 0 bridgehead atoms. The van der Waals surface area contributed by atoms with Gasteiger partial charge in [0, 0.05) is 31.0 Å². The lowest BCUT2D eigenvalue weighted by Gasteiger charge is -2.32. The molecule has 4 aliphatic rings. The molecule has 3 aliphatic carbocycles. The van der Waals surface area contributed by atoms with Crippen LogP contribution in [0.5, 0.6) is 0 Å². The Morgan fingerprint density at radius 3 is 2.64 bits per heavy atom. The van der Waals surface area contributed by atoms with Crippen molar-refractivity contribution in [2.45, 2.75) is 89.8 Å². The van der Waals surface area contributed by atoms with Crippen molar-refractivity contribution in [3.63, 3.8) is 0 Å². The fourth-order valence-corrected chi connectivity index (χ4v) is 6.78. The van der Waals surface area contributed by atoms with E-state index >= 15 is 0 Å². The SMILES string of the molecule is CC(=O)c1nn(CC(=O)N2[C@@H]3C[C@@H]3C[C@H]2C(=O)CC2(C3CCCCC3)CC2)c2cnccc12. The molecule has 7 heteroatoms. The van der Waals surface area contributed by atoms with Crippen molar-refractivity contribution in [3.8, 4) is 0 Å². The van der Waals surface area contributed by atoms with Gasteiger partial charge in [0.1, 0.15) is 12.2 Å². The zero-order valence-corrected chi connectivity index (χ0v) is 19.3. The predicted molar refractivity (Wildman–Crippen MR) is 123 cm³/mol. The normalized spacial score (nSPS) is 28.0. The van der Waals surface area contributed by atoms with Gasteiger partial charge in [-0.3, -0.25) is 24.0 Å². The van der Waals surface area contributed by atoms with E-state index in [1.165, 1.54) is 51.9 Å². The van der Waals surface area contributed by atoms with Crippen LogP contribution in [0, 0.1) is 17.3 Å². The van der Waals surface area contributed by atoms with E-state index in [1.807, 2.05) is 4.90 Å². The van der Waals surface area contributed by atoms with Gasteiger partial charge in [-0.05, 0) is 61.8 Å². The van der Waals surface area contributed by atoms with Gasteiger partial charge in [0.25, 0.3) is 0 Å². The van der Waals surface area contributed by atoms with E-state index in [0.29, 0.717) is 34.9 Å². The summed E-state index contributed by atoms with van der Waals surface area (Å²) in [6.07, 6.45) is 14.6. The van der Waals surface area contributed by atoms with E-state index in [-0.39, 0.29) is 41.5 Å². The van der Waals surface area contributed by atoms with Gasteiger partial charge in [0.15, 0.2) is 11.6 Å². The lowest BCUT2D eigenvalue weighted by molar-refractivity contribution is -0.140. The smallest absolute Gasteiger partial charge is 0.245 e. The average molecular weight is 449 g/mol. The summed E-state index contributed by atoms with van der Waals surface area (Å²) in [5.41, 5.74) is 1.26. The summed E-state index contributed by atoms with van der Waals surface area (Å²) >= 11 is 0. The second-order valence-corrected chi connectivity index (χ2v) is 10.9. The minimum atomic E-state index is -0.283. The molecule has 6 rings (SSSR count). The van der Waals surface area contributed by atoms with Gasteiger partial charge in [-0.2, -0.15) is 5.10 Å². The maximum atomic E-state index is 13.5. The van der Waals surface area contributed by atoms with Crippen molar-refractivity contribution in [1.82, 2.24) is 19.7 Å². The van der Waals surface area contributed by atoms with Gasteiger partial charge in [-0.1, -0.05) is 19.3 Å². The predicted octanol–water partition coefficient (Wildman–Crippen LogP) is 3.94. The molecular formula is C26H32N4O3. The Bertz CT molecular complexity index is 1130. The number of hydrogen-bond donors (Lipinski definition) is 0. The highest BCUT2D eigenvalue weighted by atomic mass is 16.2. The van der Waals surface area contributed by atoms with Crippen LogP contribution in [0.25, 0.3) is 10.9 Å². The number of amides is 1. The second-order valence-electron chi connectivity index (χ2n) is 10.9. The first kappa shape index (κ1) is 21.0. The van der Waals surface area contributed by atoms with E-state index < -0.39 is 0 Å². The number of aromatic nitrogens is 3. The monoisotopic (exact) mass is 448 g/mol. The van der Waals surface area contributed by atoms with Crippen LogP contribution >= 0.6 is 0 Å². The minimum absolute atomic E-state index is 0.0379. The van der Waals surface area contributed by atoms with E-state index in [1.54, 1.807) is 23.1 Å². The largest absolute Gasteiger partial charge is 0.328 e. The molecule has 0 spiro atoms. The first-order valence-electron chi connectivity index (χ1n) is 12.6. The molecule has 0 N–H and O–H groups in total. The number of nitrogens with zero attached hydrogens (tertiary/aromatic N) is 4. The summed E-state index contributed by atoms with van der Waals surface area (Å²) in [5.74, 6) is 1.24. The van der Waals surface area contributed by atoms with Crippen molar-refractivity contribution in [2.75, 3.05) is 0 Å². The molecule has 0 unspecified atom stereocenters. The third-order valence-electron chi connectivity index (χ3n) is 8.83. The number of rotatable bonds is 7. The molecule has 33 heavy (non-hydrogen) atoms. The number of ketones is 2. The van der Waals surface area contributed by atoms with Crippen LogP contribution in [-0.2, 0) is 16.1 Å². The molecule has 3 atom stereocenters. The third kappa shape index (κ3) is 3.60. The van der Waals surface area contributed by atoms with E-state index in [2.05, 4.69) is 10.1 Å². The van der Waals surface area contributed by atoms with Crippen molar-refractivity contribution >= 4 is 28.4 Å². The van der Waals surface area contributed by atoms with Crippen LogP contribution in [-0.4, -0.2) is 49.2 Å². The number of likely N-dealkylation sites (tertiary alicyclic amines) is 1. The van der Waals surface area contributed by atoms with Gasteiger partial charge in [-0.15, -0.1) is 0 Å². The fraction of sp³-hybridized carbons (Fsp3) is 0.654. The first-order valence-corrected chi connectivity index (χ1v) is 12.6. The highest BCUT2D eigenvalue weighted by molar-refractivity contribution is 6.04. The Hall–Kier alpha value is -2.57. The van der Waals surface area contributed by atoms with E-state index in [9.17, 15) is 14.4 Å².